The van der Waals surface area contributed by atoms with Crippen LogP contribution in [0.25, 0.3) is 0 Å². The van der Waals surface area contributed by atoms with E-state index in [9.17, 15) is 9.59 Å². The van der Waals surface area contributed by atoms with Gasteiger partial charge in [0.1, 0.15) is 15.9 Å². The molecule has 1 aromatic heterocycles. The molecule has 2 amide bonds. The van der Waals surface area contributed by atoms with E-state index in [0.29, 0.717) is 5.69 Å². The summed E-state index contributed by atoms with van der Waals surface area (Å²) in [4.78, 5) is 30.4. The Hall–Kier alpha value is -1.59. The van der Waals surface area contributed by atoms with Crippen molar-refractivity contribution in [1.82, 2.24) is 9.88 Å². The van der Waals surface area contributed by atoms with Crippen LogP contribution in [0.1, 0.15) is 0 Å². The van der Waals surface area contributed by atoms with Gasteiger partial charge in [-0.15, -0.1) is 0 Å². The molecule has 0 bridgehead atoms. The number of rotatable bonds is 2. The molecule has 18 heavy (non-hydrogen) atoms. The van der Waals surface area contributed by atoms with Crippen LogP contribution in [0.4, 0.5) is 5.69 Å². The maximum atomic E-state index is 12.1. The van der Waals surface area contributed by atoms with Gasteiger partial charge in [0.05, 0.1) is 5.69 Å². The SMILES string of the molecule is CN(C)C1=C(Cl)C(=O)N(c2ccnc(Cl)c2)C1=O. The predicted molar refractivity (Wildman–Crippen MR) is 68.3 cm³/mol. The zero-order valence-corrected chi connectivity index (χ0v) is 11.2. The zero-order valence-electron chi connectivity index (χ0n) is 9.65. The van der Waals surface area contributed by atoms with Crippen molar-refractivity contribution in [2.24, 2.45) is 0 Å². The van der Waals surface area contributed by atoms with Crippen molar-refractivity contribution in [2.45, 2.75) is 0 Å². The fourth-order valence-corrected chi connectivity index (χ4v) is 2.15. The van der Waals surface area contributed by atoms with E-state index in [2.05, 4.69) is 4.98 Å². The number of carbonyl (C=O) groups excluding carboxylic acids is 2. The number of pyridine rings is 1. The summed E-state index contributed by atoms with van der Waals surface area (Å²) in [5.74, 6) is -1.04. The van der Waals surface area contributed by atoms with Crippen LogP contribution in [0.5, 0.6) is 0 Å². The van der Waals surface area contributed by atoms with E-state index in [1.807, 2.05) is 0 Å². The molecule has 2 heterocycles. The minimum atomic E-state index is -0.562. The summed E-state index contributed by atoms with van der Waals surface area (Å²) < 4.78 is 0. The van der Waals surface area contributed by atoms with Gasteiger partial charge < -0.3 is 4.90 Å². The van der Waals surface area contributed by atoms with Crippen LogP contribution in [-0.2, 0) is 9.59 Å². The Balaban J connectivity index is 2.46. The van der Waals surface area contributed by atoms with Crippen molar-refractivity contribution in [2.75, 3.05) is 19.0 Å². The molecule has 0 unspecified atom stereocenters. The van der Waals surface area contributed by atoms with E-state index in [1.54, 1.807) is 14.1 Å². The topological polar surface area (TPSA) is 53.5 Å². The first-order valence-electron chi connectivity index (χ1n) is 5.01. The van der Waals surface area contributed by atoms with Crippen LogP contribution >= 0.6 is 23.2 Å². The van der Waals surface area contributed by atoms with Crippen LogP contribution in [0, 0.1) is 0 Å². The monoisotopic (exact) mass is 285 g/mol. The molecule has 1 aliphatic heterocycles. The number of likely N-dealkylation sites (N-methyl/N-ethyl adjacent to an activating group) is 1. The number of imide groups is 1. The normalized spacial score (nSPS) is 15.7. The molecule has 0 spiro atoms. The van der Waals surface area contributed by atoms with Gasteiger partial charge in [-0.2, -0.15) is 0 Å². The number of halogens is 2. The van der Waals surface area contributed by atoms with E-state index in [-0.39, 0.29) is 15.9 Å². The summed E-state index contributed by atoms with van der Waals surface area (Å²) in [6.07, 6.45) is 1.42. The van der Waals surface area contributed by atoms with E-state index in [4.69, 9.17) is 23.2 Å². The fraction of sp³-hybridized carbons (Fsp3) is 0.182. The molecule has 0 fully saturated rings. The zero-order chi connectivity index (χ0) is 13.4. The molecule has 0 N–H and O–H groups in total. The lowest BCUT2D eigenvalue weighted by Gasteiger charge is -2.17. The number of amides is 2. The second kappa shape index (κ2) is 4.59. The summed E-state index contributed by atoms with van der Waals surface area (Å²) >= 11 is 11.6. The molecule has 0 aromatic carbocycles. The lowest BCUT2D eigenvalue weighted by molar-refractivity contribution is -0.120. The number of nitrogens with zero attached hydrogens (tertiary/aromatic N) is 3. The number of carbonyl (C=O) groups is 2. The number of hydrogen-bond acceptors (Lipinski definition) is 4. The Kier molecular flexibility index (Phi) is 3.28. The molecule has 0 atom stereocenters. The first-order valence-corrected chi connectivity index (χ1v) is 5.76. The second-order valence-corrected chi connectivity index (χ2v) is 4.60. The maximum absolute atomic E-state index is 12.1. The van der Waals surface area contributed by atoms with Crippen molar-refractivity contribution in [3.8, 4) is 0 Å². The van der Waals surface area contributed by atoms with E-state index in [0.717, 1.165) is 4.90 Å². The van der Waals surface area contributed by atoms with Crippen LogP contribution in [-0.4, -0.2) is 35.8 Å². The summed E-state index contributed by atoms with van der Waals surface area (Å²) in [6, 6.07) is 2.95. The summed E-state index contributed by atoms with van der Waals surface area (Å²) in [7, 11) is 3.29. The van der Waals surface area contributed by atoms with Gasteiger partial charge in [-0.3, -0.25) is 9.59 Å². The number of anilines is 1. The molecule has 1 aromatic rings. The molecule has 0 aliphatic carbocycles. The summed E-state index contributed by atoms with van der Waals surface area (Å²) in [5, 5.41) is 0.0976. The average molecular weight is 286 g/mol. The standard InChI is InChI=1S/C11H9Cl2N3O2/c1-15(2)9-8(13)10(17)16(11(9)18)6-3-4-14-7(12)5-6/h3-5H,1-2H3. The lowest BCUT2D eigenvalue weighted by Crippen LogP contribution is -2.33. The Labute approximate surface area is 114 Å². The van der Waals surface area contributed by atoms with E-state index >= 15 is 0 Å². The van der Waals surface area contributed by atoms with Crippen molar-refractivity contribution < 1.29 is 9.59 Å². The quantitative estimate of drug-likeness (QED) is 0.612. The van der Waals surface area contributed by atoms with E-state index < -0.39 is 11.8 Å². The largest absolute Gasteiger partial charge is 0.372 e. The third-order valence-electron chi connectivity index (χ3n) is 2.42. The van der Waals surface area contributed by atoms with Gasteiger partial charge >= 0.3 is 0 Å². The molecule has 94 valence electrons. The Morgan fingerprint density at radius 3 is 2.39 bits per heavy atom. The number of hydrogen-bond donors (Lipinski definition) is 0. The smallest absolute Gasteiger partial charge is 0.283 e. The third kappa shape index (κ3) is 1.95. The molecule has 2 rings (SSSR count). The van der Waals surface area contributed by atoms with Gasteiger partial charge in [-0.1, -0.05) is 23.2 Å². The minimum Gasteiger partial charge on any atom is -0.372 e. The van der Waals surface area contributed by atoms with Crippen LogP contribution in [0.15, 0.2) is 29.1 Å². The van der Waals surface area contributed by atoms with Crippen molar-refractivity contribution in [1.29, 1.82) is 0 Å². The Morgan fingerprint density at radius 2 is 1.89 bits per heavy atom. The van der Waals surface area contributed by atoms with Crippen LogP contribution in [0.3, 0.4) is 0 Å². The minimum absolute atomic E-state index is 0.0991. The molecule has 5 nitrogen and oxygen atoms in total. The first kappa shape index (κ1) is 12.9. The molecule has 1 aliphatic rings. The van der Waals surface area contributed by atoms with Gasteiger partial charge in [-0.25, -0.2) is 9.88 Å². The maximum Gasteiger partial charge on any atom is 0.283 e. The fourth-order valence-electron chi connectivity index (χ4n) is 1.64. The van der Waals surface area contributed by atoms with Gasteiger partial charge in [0.15, 0.2) is 0 Å². The van der Waals surface area contributed by atoms with Gasteiger partial charge in [0.2, 0.25) is 0 Å². The highest BCUT2D eigenvalue weighted by Gasteiger charge is 2.39. The van der Waals surface area contributed by atoms with Gasteiger partial charge in [0.25, 0.3) is 11.8 Å². The van der Waals surface area contributed by atoms with Crippen molar-refractivity contribution >= 4 is 40.7 Å². The molecular weight excluding hydrogens is 277 g/mol. The summed E-state index contributed by atoms with van der Waals surface area (Å²) in [5.41, 5.74) is 0.509. The predicted octanol–water partition coefficient (Wildman–Crippen LogP) is 1.62. The highest BCUT2D eigenvalue weighted by Crippen LogP contribution is 2.30. The van der Waals surface area contributed by atoms with Gasteiger partial charge in [0, 0.05) is 20.3 Å². The molecule has 7 heteroatoms. The molecule has 0 saturated carbocycles. The second-order valence-electron chi connectivity index (χ2n) is 3.84. The molecule has 0 radical (unpaired) electrons. The highest BCUT2D eigenvalue weighted by molar-refractivity contribution is 6.52. The summed E-state index contributed by atoms with van der Waals surface area (Å²) in [6.45, 7) is 0. The van der Waals surface area contributed by atoms with Gasteiger partial charge in [-0.05, 0) is 12.1 Å². The lowest BCUT2D eigenvalue weighted by atomic mass is 10.3. The van der Waals surface area contributed by atoms with Crippen LogP contribution in [0.2, 0.25) is 5.15 Å². The number of aromatic nitrogens is 1. The Morgan fingerprint density at radius 1 is 1.22 bits per heavy atom. The average Bonchev–Trinajstić information content (AvgIpc) is 2.50. The highest BCUT2D eigenvalue weighted by atomic mass is 35.5. The molecule has 0 saturated heterocycles. The first-order chi connectivity index (χ1) is 8.43. The van der Waals surface area contributed by atoms with Crippen molar-refractivity contribution in [3.63, 3.8) is 0 Å². The Bertz CT molecular complexity index is 569. The molecular formula is C11H9Cl2N3O2. The van der Waals surface area contributed by atoms with E-state index in [1.165, 1.54) is 23.2 Å². The third-order valence-corrected chi connectivity index (χ3v) is 2.97. The van der Waals surface area contributed by atoms with Crippen molar-refractivity contribution in [3.05, 3.63) is 34.2 Å². The van der Waals surface area contributed by atoms with Crippen LogP contribution < -0.4 is 4.90 Å².